The summed E-state index contributed by atoms with van der Waals surface area (Å²) in [5.74, 6) is -0.935. The smallest absolute Gasteiger partial charge is 0.338 e. The Labute approximate surface area is 178 Å². The van der Waals surface area contributed by atoms with Crippen molar-refractivity contribution in [2.45, 2.75) is 13.2 Å². The van der Waals surface area contributed by atoms with Crippen molar-refractivity contribution in [3.8, 4) is 5.69 Å². The predicted molar refractivity (Wildman–Crippen MR) is 112 cm³/mol. The topological polar surface area (TPSA) is 83.3 Å². The van der Waals surface area contributed by atoms with Gasteiger partial charge < -0.3 is 9.47 Å². The lowest BCUT2D eigenvalue weighted by atomic mass is 10.2. The van der Waals surface area contributed by atoms with Crippen LogP contribution in [0.4, 0.5) is 0 Å². The van der Waals surface area contributed by atoms with Gasteiger partial charge in [0.15, 0.2) is 0 Å². The van der Waals surface area contributed by atoms with Gasteiger partial charge in [-0.05, 0) is 36.4 Å². The molecule has 0 aliphatic heterocycles. The van der Waals surface area contributed by atoms with Crippen LogP contribution in [0, 0.1) is 0 Å². The third kappa shape index (κ3) is 4.84. The van der Waals surface area contributed by atoms with E-state index in [2.05, 4.69) is 10.3 Å². The first-order valence-electron chi connectivity index (χ1n) is 9.65. The fraction of sp³-hybridized carbons (Fsp3) is 0.0833. The van der Waals surface area contributed by atoms with Gasteiger partial charge in [-0.15, -0.1) is 5.10 Å². The van der Waals surface area contributed by atoms with Crippen LogP contribution >= 0.6 is 0 Å². The first-order valence-corrected chi connectivity index (χ1v) is 9.65. The summed E-state index contributed by atoms with van der Waals surface area (Å²) in [4.78, 5) is 24.7. The van der Waals surface area contributed by atoms with Gasteiger partial charge in [0.25, 0.3) is 0 Å². The number of esters is 2. The number of hydrogen-bond donors (Lipinski definition) is 0. The van der Waals surface area contributed by atoms with Crippen molar-refractivity contribution >= 4 is 11.9 Å². The van der Waals surface area contributed by atoms with Crippen LogP contribution in [0.1, 0.15) is 32.1 Å². The van der Waals surface area contributed by atoms with Crippen molar-refractivity contribution < 1.29 is 19.1 Å². The summed E-state index contributed by atoms with van der Waals surface area (Å²) >= 11 is 0. The highest BCUT2D eigenvalue weighted by Gasteiger charge is 2.19. The molecule has 1 aromatic heterocycles. The van der Waals surface area contributed by atoms with E-state index in [1.54, 1.807) is 53.2 Å². The largest absolute Gasteiger partial charge is 0.455 e. The zero-order chi connectivity index (χ0) is 21.5. The molecule has 4 rings (SSSR count). The van der Waals surface area contributed by atoms with Gasteiger partial charge >= 0.3 is 11.9 Å². The maximum atomic E-state index is 12.4. The van der Waals surface area contributed by atoms with Gasteiger partial charge in [-0.2, -0.15) is 0 Å². The SMILES string of the molecule is O=C(OCc1nnn(-c2ccccc2)c1COC(=O)c1ccccc1)c1ccccc1. The number of aromatic nitrogens is 3. The molecular weight excluding hydrogens is 394 g/mol. The fourth-order valence-electron chi connectivity index (χ4n) is 2.95. The van der Waals surface area contributed by atoms with Crippen LogP contribution in [0.2, 0.25) is 0 Å². The molecule has 7 nitrogen and oxygen atoms in total. The van der Waals surface area contributed by atoms with E-state index < -0.39 is 11.9 Å². The minimum atomic E-state index is -0.470. The highest BCUT2D eigenvalue weighted by molar-refractivity contribution is 5.89. The lowest BCUT2D eigenvalue weighted by Crippen LogP contribution is -2.12. The van der Waals surface area contributed by atoms with E-state index in [0.29, 0.717) is 22.5 Å². The predicted octanol–water partition coefficient (Wildman–Crippen LogP) is 3.98. The quantitative estimate of drug-likeness (QED) is 0.426. The van der Waals surface area contributed by atoms with Crippen molar-refractivity contribution in [2.24, 2.45) is 0 Å². The van der Waals surface area contributed by atoms with Crippen LogP contribution in [-0.2, 0) is 22.7 Å². The van der Waals surface area contributed by atoms with Crippen LogP contribution in [0.3, 0.4) is 0 Å². The summed E-state index contributed by atoms with van der Waals surface area (Å²) < 4.78 is 12.5. The standard InChI is InChI=1S/C24H19N3O4/c28-23(18-10-4-1-5-11-18)30-16-21-22(17-31-24(29)19-12-6-2-7-13-19)27(26-25-21)20-14-8-3-9-15-20/h1-15H,16-17H2. The maximum Gasteiger partial charge on any atom is 0.338 e. The number of rotatable bonds is 7. The monoisotopic (exact) mass is 413 g/mol. The van der Waals surface area contributed by atoms with Crippen molar-refractivity contribution in [1.29, 1.82) is 0 Å². The molecule has 0 unspecified atom stereocenters. The molecule has 0 N–H and O–H groups in total. The number of para-hydroxylation sites is 1. The highest BCUT2D eigenvalue weighted by Crippen LogP contribution is 2.16. The zero-order valence-electron chi connectivity index (χ0n) is 16.5. The third-order valence-electron chi connectivity index (χ3n) is 4.54. The molecule has 0 saturated carbocycles. The Kier molecular flexibility index (Phi) is 6.13. The molecule has 0 radical (unpaired) electrons. The molecule has 4 aromatic rings. The molecular formula is C24H19N3O4. The summed E-state index contributed by atoms with van der Waals surface area (Å²) in [7, 11) is 0. The number of ether oxygens (including phenoxy) is 2. The van der Waals surface area contributed by atoms with Gasteiger partial charge in [0.1, 0.15) is 24.6 Å². The first kappa shape index (κ1) is 20.0. The highest BCUT2D eigenvalue weighted by atomic mass is 16.5. The number of carbonyl (C=O) groups excluding carboxylic acids is 2. The fourth-order valence-corrected chi connectivity index (χ4v) is 2.95. The summed E-state index contributed by atoms with van der Waals surface area (Å²) in [5.41, 5.74) is 2.57. The molecule has 31 heavy (non-hydrogen) atoms. The van der Waals surface area contributed by atoms with Crippen molar-refractivity contribution in [2.75, 3.05) is 0 Å². The van der Waals surface area contributed by atoms with E-state index in [4.69, 9.17) is 9.47 Å². The van der Waals surface area contributed by atoms with E-state index in [0.717, 1.165) is 5.69 Å². The zero-order valence-corrected chi connectivity index (χ0v) is 16.5. The Bertz CT molecular complexity index is 1160. The van der Waals surface area contributed by atoms with Crippen LogP contribution in [0.15, 0.2) is 91.0 Å². The van der Waals surface area contributed by atoms with Gasteiger partial charge in [-0.1, -0.05) is 59.8 Å². The first-order chi connectivity index (χ1) is 15.2. The molecule has 0 spiro atoms. The molecule has 7 heteroatoms. The van der Waals surface area contributed by atoms with Crippen LogP contribution in [-0.4, -0.2) is 26.9 Å². The van der Waals surface area contributed by atoms with Gasteiger partial charge in [0.2, 0.25) is 0 Å². The Morgan fingerprint density at radius 3 is 1.71 bits per heavy atom. The van der Waals surface area contributed by atoms with E-state index in [-0.39, 0.29) is 13.2 Å². The van der Waals surface area contributed by atoms with Crippen LogP contribution in [0.5, 0.6) is 0 Å². The summed E-state index contributed by atoms with van der Waals surface area (Å²) in [6.07, 6.45) is 0. The lowest BCUT2D eigenvalue weighted by Gasteiger charge is -2.10. The number of carbonyl (C=O) groups is 2. The second-order valence-corrected chi connectivity index (χ2v) is 6.61. The number of hydrogen-bond acceptors (Lipinski definition) is 6. The second-order valence-electron chi connectivity index (χ2n) is 6.61. The molecule has 154 valence electrons. The molecule has 1 heterocycles. The Balaban J connectivity index is 1.54. The average molecular weight is 413 g/mol. The number of benzene rings is 3. The Morgan fingerprint density at radius 2 is 1.16 bits per heavy atom. The summed E-state index contributed by atoms with van der Waals surface area (Å²) in [5, 5.41) is 8.33. The third-order valence-corrected chi connectivity index (χ3v) is 4.54. The summed E-state index contributed by atoms with van der Waals surface area (Å²) in [6.45, 7) is -0.174. The van der Waals surface area contributed by atoms with Crippen molar-refractivity contribution in [3.63, 3.8) is 0 Å². The van der Waals surface area contributed by atoms with E-state index in [1.807, 2.05) is 42.5 Å². The van der Waals surface area contributed by atoms with Gasteiger partial charge in [-0.25, -0.2) is 14.3 Å². The van der Waals surface area contributed by atoms with Crippen molar-refractivity contribution in [3.05, 3.63) is 114 Å². The molecule has 0 bridgehead atoms. The Morgan fingerprint density at radius 1 is 0.677 bits per heavy atom. The molecule has 0 amide bonds. The molecule has 0 saturated heterocycles. The maximum absolute atomic E-state index is 12.4. The minimum Gasteiger partial charge on any atom is -0.455 e. The van der Waals surface area contributed by atoms with E-state index >= 15 is 0 Å². The van der Waals surface area contributed by atoms with Crippen molar-refractivity contribution in [1.82, 2.24) is 15.0 Å². The normalized spacial score (nSPS) is 10.5. The van der Waals surface area contributed by atoms with Gasteiger partial charge in [0.05, 0.1) is 16.8 Å². The van der Waals surface area contributed by atoms with Crippen LogP contribution < -0.4 is 0 Å². The van der Waals surface area contributed by atoms with E-state index in [1.165, 1.54) is 0 Å². The molecule has 0 atom stereocenters. The molecule has 3 aromatic carbocycles. The molecule has 0 aliphatic rings. The molecule has 0 fully saturated rings. The van der Waals surface area contributed by atoms with E-state index in [9.17, 15) is 9.59 Å². The second kappa shape index (κ2) is 9.49. The Hall–Kier alpha value is -4.26. The summed E-state index contributed by atoms with van der Waals surface area (Å²) in [6, 6.07) is 26.7. The lowest BCUT2D eigenvalue weighted by molar-refractivity contribution is 0.0427. The van der Waals surface area contributed by atoms with Gasteiger partial charge in [-0.3, -0.25) is 0 Å². The number of nitrogens with zero attached hydrogens (tertiary/aromatic N) is 3. The molecule has 0 aliphatic carbocycles. The van der Waals surface area contributed by atoms with Gasteiger partial charge in [0, 0.05) is 0 Å². The minimum absolute atomic E-state index is 0.0756. The average Bonchev–Trinajstić information content (AvgIpc) is 3.25. The van der Waals surface area contributed by atoms with Crippen LogP contribution in [0.25, 0.3) is 5.69 Å².